The fourth-order valence-corrected chi connectivity index (χ4v) is 2.63. The van der Waals surface area contributed by atoms with Crippen molar-refractivity contribution in [3.05, 3.63) is 62.9 Å². The molecule has 2 aromatic carbocycles. The summed E-state index contributed by atoms with van der Waals surface area (Å²) in [6.07, 6.45) is 0.694. The average molecular weight is 312 g/mol. The van der Waals surface area contributed by atoms with Gasteiger partial charge in [0.25, 0.3) is 0 Å². The van der Waals surface area contributed by atoms with E-state index in [2.05, 4.69) is 9.97 Å². The van der Waals surface area contributed by atoms with Crippen molar-refractivity contribution < 1.29 is 0 Å². The molecule has 3 rings (SSSR count). The molecule has 5 heteroatoms. The summed E-state index contributed by atoms with van der Waals surface area (Å²) < 4.78 is 0. The van der Waals surface area contributed by atoms with Gasteiger partial charge in [-0.25, -0.2) is 4.98 Å². The van der Waals surface area contributed by atoms with E-state index in [0.717, 1.165) is 27.4 Å². The van der Waals surface area contributed by atoms with Gasteiger partial charge >= 0.3 is 0 Å². The lowest BCUT2D eigenvalue weighted by Crippen LogP contribution is -1.89. The molecule has 1 N–H and O–H groups in total. The van der Waals surface area contributed by atoms with Crippen molar-refractivity contribution in [3.63, 3.8) is 0 Å². The smallest absolute Gasteiger partial charge is 0.111 e. The minimum atomic E-state index is 0.557. The van der Waals surface area contributed by atoms with Crippen molar-refractivity contribution in [1.82, 2.24) is 9.97 Å². The molecule has 0 radical (unpaired) electrons. The fourth-order valence-electron chi connectivity index (χ4n) is 1.97. The predicted octanol–water partition coefficient (Wildman–Crippen LogP) is 5.11. The Morgan fingerprint density at radius 3 is 2.42 bits per heavy atom. The third-order valence-electron chi connectivity index (χ3n) is 2.84. The van der Waals surface area contributed by atoms with Crippen LogP contribution < -0.4 is 0 Å². The lowest BCUT2D eigenvalue weighted by atomic mass is 10.1. The fraction of sp³-hybridized carbons (Fsp3) is 0.0714. The quantitative estimate of drug-likeness (QED) is 0.699. The van der Waals surface area contributed by atoms with Crippen LogP contribution in [0, 0.1) is 0 Å². The molecule has 1 heterocycles. The minimum absolute atomic E-state index is 0.557. The zero-order valence-electron chi connectivity index (χ0n) is 9.75. The number of rotatable bonds is 2. The van der Waals surface area contributed by atoms with Gasteiger partial charge in [-0.15, -0.1) is 0 Å². The maximum atomic E-state index is 6.12. The monoisotopic (exact) mass is 310 g/mol. The third-order valence-corrected chi connectivity index (χ3v) is 3.60. The molecular formula is C14H9Cl3N2. The molecule has 96 valence electrons. The van der Waals surface area contributed by atoms with E-state index in [9.17, 15) is 0 Å². The van der Waals surface area contributed by atoms with Gasteiger partial charge in [-0.1, -0.05) is 46.9 Å². The number of nitrogens with one attached hydrogen (secondary N) is 1. The first kappa shape index (κ1) is 12.8. The first-order valence-electron chi connectivity index (χ1n) is 5.70. The molecule has 1 aromatic heterocycles. The number of nitrogens with zero attached hydrogens (tertiary/aromatic N) is 1. The van der Waals surface area contributed by atoms with Gasteiger partial charge in [0.15, 0.2) is 0 Å². The molecule has 0 aliphatic carbocycles. The standard InChI is InChI=1S/C14H9Cl3N2/c15-9-3-1-8(2-4-9)5-13-18-12-7-10(16)6-11(17)14(12)19-13/h1-4,6-7H,5H2,(H,18,19). The van der Waals surface area contributed by atoms with E-state index in [1.807, 2.05) is 30.3 Å². The molecule has 0 unspecified atom stereocenters. The van der Waals surface area contributed by atoms with Crippen LogP contribution in [0.1, 0.15) is 11.4 Å². The second kappa shape index (κ2) is 5.04. The molecule has 19 heavy (non-hydrogen) atoms. The summed E-state index contributed by atoms with van der Waals surface area (Å²) in [5, 5.41) is 1.88. The second-order valence-electron chi connectivity index (χ2n) is 4.27. The van der Waals surface area contributed by atoms with Crippen molar-refractivity contribution in [2.75, 3.05) is 0 Å². The Hall–Kier alpha value is -1.22. The Balaban J connectivity index is 1.97. The van der Waals surface area contributed by atoms with E-state index in [-0.39, 0.29) is 0 Å². The molecule has 0 bridgehead atoms. The van der Waals surface area contributed by atoms with Gasteiger partial charge < -0.3 is 4.98 Å². The summed E-state index contributed by atoms with van der Waals surface area (Å²) in [6.45, 7) is 0. The number of H-pyrrole nitrogens is 1. The van der Waals surface area contributed by atoms with E-state index in [1.165, 1.54) is 0 Å². The number of aromatic amines is 1. The normalized spacial score (nSPS) is 11.1. The lowest BCUT2D eigenvalue weighted by molar-refractivity contribution is 1.04. The van der Waals surface area contributed by atoms with Crippen molar-refractivity contribution in [2.24, 2.45) is 0 Å². The van der Waals surface area contributed by atoms with Crippen molar-refractivity contribution >= 4 is 45.8 Å². The minimum Gasteiger partial charge on any atom is -0.342 e. The Morgan fingerprint density at radius 1 is 0.947 bits per heavy atom. The first-order valence-corrected chi connectivity index (χ1v) is 6.83. The maximum absolute atomic E-state index is 6.12. The average Bonchev–Trinajstić information content (AvgIpc) is 2.75. The summed E-state index contributed by atoms with van der Waals surface area (Å²) in [5.41, 5.74) is 2.72. The van der Waals surface area contributed by atoms with Crippen LogP contribution in [-0.2, 0) is 6.42 Å². The van der Waals surface area contributed by atoms with Gasteiger partial charge in [-0.2, -0.15) is 0 Å². The van der Waals surface area contributed by atoms with Gasteiger partial charge in [-0.3, -0.25) is 0 Å². The highest BCUT2D eigenvalue weighted by Crippen LogP contribution is 2.26. The number of halogens is 3. The molecule has 0 saturated heterocycles. The zero-order valence-corrected chi connectivity index (χ0v) is 12.0. The summed E-state index contributed by atoms with van der Waals surface area (Å²) >= 11 is 17.9. The summed E-state index contributed by atoms with van der Waals surface area (Å²) in [7, 11) is 0. The van der Waals surface area contributed by atoms with Crippen LogP contribution in [0.3, 0.4) is 0 Å². The van der Waals surface area contributed by atoms with Gasteiger partial charge in [0.05, 0.1) is 10.5 Å². The van der Waals surface area contributed by atoms with Crippen LogP contribution in [-0.4, -0.2) is 9.97 Å². The van der Waals surface area contributed by atoms with Crippen molar-refractivity contribution in [1.29, 1.82) is 0 Å². The summed E-state index contributed by atoms with van der Waals surface area (Å²) in [4.78, 5) is 7.72. The summed E-state index contributed by atoms with van der Waals surface area (Å²) in [5.74, 6) is 0.849. The van der Waals surface area contributed by atoms with Crippen LogP contribution >= 0.6 is 34.8 Å². The molecule has 0 amide bonds. The molecule has 0 fully saturated rings. The number of fused-ring (bicyclic) bond motifs is 1. The van der Waals surface area contributed by atoms with Crippen molar-refractivity contribution in [3.8, 4) is 0 Å². The van der Waals surface area contributed by atoms with Crippen LogP contribution in [0.15, 0.2) is 36.4 Å². The highest BCUT2D eigenvalue weighted by molar-refractivity contribution is 6.38. The zero-order chi connectivity index (χ0) is 13.4. The first-order chi connectivity index (χ1) is 9.11. The van der Waals surface area contributed by atoms with Gasteiger partial charge in [0.1, 0.15) is 11.3 Å². The van der Waals surface area contributed by atoms with Crippen molar-refractivity contribution in [2.45, 2.75) is 6.42 Å². The SMILES string of the molecule is Clc1ccc(Cc2nc3c(Cl)cc(Cl)cc3[nH]2)cc1. The van der Waals surface area contributed by atoms with E-state index < -0.39 is 0 Å². The third kappa shape index (κ3) is 2.71. The van der Waals surface area contributed by atoms with E-state index in [0.29, 0.717) is 16.5 Å². The number of imidazole rings is 1. The Labute approximate surface area is 125 Å². The topological polar surface area (TPSA) is 28.7 Å². The van der Waals surface area contributed by atoms with E-state index in [1.54, 1.807) is 6.07 Å². The number of hydrogen-bond donors (Lipinski definition) is 1. The van der Waals surface area contributed by atoms with E-state index >= 15 is 0 Å². The number of benzene rings is 2. The molecule has 2 nitrogen and oxygen atoms in total. The van der Waals surface area contributed by atoms with Gasteiger partial charge in [0.2, 0.25) is 0 Å². The number of aromatic nitrogens is 2. The van der Waals surface area contributed by atoms with Crippen LogP contribution in [0.5, 0.6) is 0 Å². The molecule has 0 saturated carbocycles. The van der Waals surface area contributed by atoms with Crippen LogP contribution in [0.25, 0.3) is 11.0 Å². The molecule has 0 aliphatic rings. The highest BCUT2D eigenvalue weighted by atomic mass is 35.5. The van der Waals surface area contributed by atoms with Crippen LogP contribution in [0.2, 0.25) is 15.1 Å². The predicted molar refractivity (Wildman–Crippen MR) is 80.4 cm³/mol. The van der Waals surface area contributed by atoms with Gasteiger partial charge in [0, 0.05) is 16.5 Å². The highest BCUT2D eigenvalue weighted by Gasteiger charge is 2.08. The molecule has 0 spiro atoms. The Bertz CT molecular complexity index is 732. The second-order valence-corrected chi connectivity index (χ2v) is 5.55. The molecule has 0 aliphatic heterocycles. The van der Waals surface area contributed by atoms with E-state index in [4.69, 9.17) is 34.8 Å². The molecular weight excluding hydrogens is 303 g/mol. The largest absolute Gasteiger partial charge is 0.342 e. The number of hydrogen-bond acceptors (Lipinski definition) is 1. The molecule has 0 atom stereocenters. The Morgan fingerprint density at radius 2 is 1.68 bits per heavy atom. The molecule has 3 aromatic rings. The van der Waals surface area contributed by atoms with Crippen LogP contribution in [0.4, 0.5) is 0 Å². The lowest BCUT2D eigenvalue weighted by Gasteiger charge is -1.97. The van der Waals surface area contributed by atoms with Gasteiger partial charge in [-0.05, 0) is 29.8 Å². The summed E-state index contributed by atoms with van der Waals surface area (Å²) in [6, 6.07) is 11.2. The maximum Gasteiger partial charge on any atom is 0.111 e. The Kier molecular flexibility index (Phi) is 3.40.